The van der Waals surface area contributed by atoms with E-state index in [4.69, 9.17) is 10.3 Å². The van der Waals surface area contributed by atoms with Crippen LogP contribution in [-0.2, 0) is 6.42 Å². The van der Waals surface area contributed by atoms with Crippen molar-refractivity contribution in [2.75, 3.05) is 0 Å². The summed E-state index contributed by atoms with van der Waals surface area (Å²) in [5.74, 6) is 1.21. The van der Waals surface area contributed by atoms with Gasteiger partial charge in [0.05, 0.1) is 0 Å². The van der Waals surface area contributed by atoms with Gasteiger partial charge in [-0.1, -0.05) is 42.4 Å². The van der Waals surface area contributed by atoms with Crippen LogP contribution in [0.2, 0.25) is 0 Å². The smallest absolute Gasteiger partial charge is 0.248 e. The molecule has 1 unspecified atom stereocenters. The van der Waals surface area contributed by atoms with Gasteiger partial charge in [-0.3, -0.25) is 0 Å². The average Bonchev–Trinajstić information content (AvgIpc) is 2.78. The molecule has 1 aromatic heterocycles. The fourth-order valence-electron chi connectivity index (χ4n) is 1.52. The molecular weight excluding hydrogens is 202 g/mol. The van der Waals surface area contributed by atoms with Crippen LogP contribution in [0.3, 0.4) is 0 Å². The summed E-state index contributed by atoms with van der Waals surface area (Å²) >= 11 is 0. The molecule has 2 rings (SSSR count). The third-order valence-electron chi connectivity index (χ3n) is 2.38. The molecule has 0 saturated heterocycles. The van der Waals surface area contributed by atoms with Crippen LogP contribution in [0.1, 0.15) is 36.7 Å². The fourth-order valence-corrected chi connectivity index (χ4v) is 1.52. The van der Waals surface area contributed by atoms with E-state index >= 15 is 0 Å². The summed E-state index contributed by atoms with van der Waals surface area (Å²) in [6.07, 6.45) is 1.82. The molecule has 2 N–H and O–H groups in total. The maximum absolute atomic E-state index is 6.03. The van der Waals surface area contributed by atoms with Crippen LogP contribution in [0.5, 0.6) is 0 Å². The maximum Gasteiger partial charge on any atom is 0.248 e. The number of nitrogens with two attached hydrogens (primary N) is 1. The summed E-state index contributed by atoms with van der Waals surface area (Å²) < 4.78 is 5.15. The lowest BCUT2D eigenvalue weighted by atomic mass is 10.1. The summed E-state index contributed by atoms with van der Waals surface area (Å²) in [5, 5.41) is 3.89. The number of aromatic nitrogens is 2. The summed E-state index contributed by atoms with van der Waals surface area (Å²) in [5.41, 5.74) is 7.01. The third kappa shape index (κ3) is 2.28. The third-order valence-corrected chi connectivity index (χ3v) is 2.38. The van der Waals surface area contributed by atoms with E-state index in [2.05, 4.69) is 17.1 Å². The molecule has 0 aliphatic rings. The first-order chi connectivity index (χ1) is 7.81. The SMILES string of the molecule is CCCc1noc(C(N)c2ccccc2)n1. The van der Waals surface area contributed by atoms with E-state index in [-0.39, 0.29) is 6.04 Å². The fraction of sp³-hybridized carbons (Fsp3) is 0.333. The number of benzene rings is 1. The Kier molecular flexibility index (Phi) is 3.31. The quantitative estimate of drug-likeness (QED) is 0.851. The lowest BCUT2D eigenvalue weighted by Crippen LogP contribution is -2.12. The van der Waals surface area contributed by atoms with E-state index in [9.17, 15) is 0 Å². The highest BCUT2D eigenvalue weighted by atomic mass is 16.5. The number of hydrogen-bond donors (Lipinski definition) is 1. The molecule has 0 bridgehead atoms. The molecule has 4 heteroatoms. The minimum Gasteiger partial charge on any atom is -0.337 e. The van der Waals surface area contributed by atoms with Crippen molar-refractivity contribution in [3.05, 3.63) is 47.6 Å². The molecule has 0 amide bonds. The Morgan fingerprint density at radius 1 is 1.31 bits per heavy atom. The molecule has 0 aliphatic heterocycles. The number of nitrogens with zero attached hydrogens (tertiary/aromatic N) is 2. The van der Waals surface area contributed by atoms with Gasteiger partial charge in [-0.25, -0.2) is 0 Å². The Balaban J connectivity index is 2.17. The zero-order valence-corrected chi connectivity index (χ0v) is 9.26. The molecular formula is C12H15N3O. The Morgan fingerprint density at radius 2 is 2.06 bits per heavy atom. The van der Waals surface area contributed by atoms with Crippen molar-refractivity contribution in [3.63, 3.8) is 0 Å². The summed E-state index contributed by atoms with van der Waals surface area (Å²) in [6, 6.07) is 9.41. The van der Waals surface area contributed by atoms with Crippen molar-refractivity contribution in [1.82, 2.24) is 10.1 Å². The van der Waals surface area contributed by atoms with Crippen molar-refractivity contribution in [2.45, 2.75) is 25.8 Å². The molecule has 4 nitrogen and oxygen atoms in total. The molecule has 84 valence electrons. The molecule has 0 radical (unpaired) electrons. The monoisotopic (exact) mass is 217 g/mol. The van der Waals surface area contributed by atoms with E-state index in [1.165, 1.54) is 0 Å². The molecule has 0 fully saturated rings. The van der Waals surface area contributed by atoms with Gasteiger partial charge in [0.25, 0.3) is 0 Å². The summed E-state index contributed by atoms with van der Waals surface area (Å²) in [7, 11) is 0. The first-order valence-corrected chi connectivity index (χ1v) is 5.44. The van der Waals surface area contributed by atoms with Crippen LogP contribution >= 0.6 is 0 Å². The Labute approximate surface area is 94.5 Å². The second-order valence-electron chi connectivity index (χ2n) is 3.69. The molecule has 0 aliphatic carbocycles. The van der Waals surface area contributed by atoms with Gasteiger partial charge in [-0.15, -0.1) is 0 Å². The second kappa shape index (κ2) is 4.90. The average molecular weight is 217 g/mol. The highest BCUT2D eigenvalue weighted by molar-refractivity contribution is 5.22. The topological polar surface area (TPSA) is 64.9 Å². The summed E-state index contributed by atoms with van der Waals surface area (Å²) in [6.45, 7) is 2.08. The van der Waals surface area contributed by atoms with E-state index < -0.39 is 0 Å². The zero-order chi connectivity index (χ0) is 11.4. The predicted octanol–water partition coefficient (Wildman–Crippen LogP) is 2.07. The first kappa shape index (κ1) is 10.8. The van der Waals surface area contributed by atoms with Crippen LogP contribution in [0, 0.1) is 0 Å². The van der Waals surface area contributed by atoms with Crippen molar-refractivity contribution < 1.29 is 4.52 Å². The predicted molar refractivity (Wildman–Crippen MR) is 60.8 cm³/mol. The highest BCUT2D eigenvalue weighted by Crippen LogP contribution is 2.17. The lowest BCUT2D eigenvalue weighted by molar-refractivity contribution is 0.362. The van der Waals surface area contributed by atoms with Crippen LogP contribution in [0.15, 0.2) is 34.9 Å². The van der Waals surface area contributed by atoms with Gasteiger partial charge in [-0.05, 0) is 12.0 Å². The lowest BCUT2D eigenvalue weighted by Gasteiger charge is -2.05. The van der Waals surface area contributed by atoms with Gasteiger partial charge in [-0.2, -0.15) is 4.98 Å². The second-order valence-corrected chi connectivity index (χ2v) is 3.69. The van der Waals surface area contributed by atoms with Gasteiger partial charge >= 0.3 is 0 Å². The largest absolute Gasteiger partial charge is 0.337 e. The Hall–Kier alpha value is -1.68. The van der Waals surface area contributed by atoms with Crippen LogP contribution in [-0.4, -0.2) is 10.1 Å². The van der Waals surface area contributed by atoms with Crippen LogP contribution in [0.25, 0.3) is 0 Å². The Morgan fingerprint density at radius 3 is 2.75 bits per heavy atom. The van der Waals surface area contributed by atoms with E-state index in [0.29, 0.717) is 5.89 Å². The van der Waals surface area contributed by atoms with Crippen molar-refractivity contribution in [2.24, 2.45) is 5.73 Å². The molecule has 1 aromatic carbocycles. The summed E-state index contributed by atoms with van der Waals surface area (Å²) in [4.78, 5) is 4.27. The normalized spacial score (nSPS) is 12.6. The van der Waals surface area contributed by atoms with Crippen LogP contribution < -0.4 is 5.73 Å². The number of rotatable bonds is 4. The molecule has 1 atom stereocenters. The minimum absolute atomic E-state index is 0.334. The van der Waals surface area contributed by atoms with E-state index in [1.807, 2.05) is 30.3 Å². The van der Waals surface area contributed by atoms with Gasteiger partial charge < -0.3 is 10.3 Å². The zero-order valence-electron chi connectivity index (χ0n) is 9.26. The van der Waals surface area contributed by atoms with E-state index in [1.54, 1.807) is 0 Å². The van der Waals surface area contributed by atoms with Crippen molar-refractivity contribution >= 4 is 0 Å². The number of aryl methyl sites for hydroxylation is 1. The van der Waals surface area contributed by atoms with E-state index in [0.717, 1.165) is 24.2 Å². The van der Waals surface area contributed by atoms with Crippen molar-refractivity contribution in [1.29, 1.82) is 0 Å². The number of hydrogen-bond acceptors (Lipinski definition) is 4. The van der Waals surface area contributed by atoms with Crippen molar-refractivity contribution in [3.8, 4) is 0 Å². The van der Waals surface area contributed by atoms with Gasteiger partial charge in [0, 0.05) is 6.42 Å². The van der Waals surface area contributed by atoms with Crippen LogP contribution in [0.4, 0.5) is 0 Å². The first-order valence-electron chi connectivity index (χ1n) is 5.44. The minimum atomic E-state index is -0.334. The van der Waals surface area contributed by atoms with Gasteiger partial charge in [0.15, 0.2) is 5.82 Å². The van der Waals surface area contributed by atoms with Gasteiger partial charge in [0.2, 0.25) is 5.89 Å². The standard InChI is InChI=1S/C12H15N3O/c1-2-6-10-14-12(16-15-10)11(13)9-7-4-3-5-8-9/h3-5,7-8,11H,2,6,13H2,1H3. The van der Waals surface area contributed by atoms with Gasteiger partial charge in [0.1, 0.15) is 6.04 Å². The molecule has 0 saturated carbocycles. The maximum atomic E-state index is 6.03. The molecule has 1 heterocycles. The molecule has 2 aromatic rings. The Bertz CT molecular complexity index is 439. The molecule has 0 spiro atoms. The highest BCUT2D eigenvalue weighted by Gasteiger charge is 2.15. The molecule has 16 heavy (non-hydrogen) atoms.